The van der Waals surface area contributed by atoms with Crippen molar-refractivity contribution < 1.29 is 4.92 Å². The molecule has 0 bridgehead atoms. The highest BCUT2D eigenvalue weighted by molar-refractivity contribution is 8.00. The van der Waals surface area contributed by atoms with Gasteiger partial charge in [0.05, 0.1) is 4.92 Å². The fraction of sp³-hybridized carbons (Fsp3) is 0.381. The van der Waals surface area contributed by atoms with Gasteiger partial charge in [0.25, 0.3) is 5.69 Å². The number of thiocarbonyl (C=S) groups is 1. The van der Waals surface area contributed by atoms with E-state index in [4.69, 9.17) is 12.2 Å². The minimum Gasteiger partial charge on any atom is -0.358 e. The van der Waals surface area contributed by atoms with Crippen LogP contribution in [-0.4, -0.2) is 14.8 Å². The van der Waals surface area contributed by atoms with E-state index in [0.717, 1.165) is 17.7 Å². The quantitative estimate of drug-likeness (QED) is 0.383. The van der Waals surface area contributed by atoms with Crippen molar-refractivity contribution in [2.24, 2.45) is 0 Å². The van der Waals surface area contributed by atoms with Gasteiger partial charge >= 0.3 is 0 Å². The Labute approximate surface area is 175 Å². The molecule has 0 radical (unpaired) electrons. The van der Waals surface area contributed by atoms with Gasteiger partial charge in [-0.3, -0.25) is 10.1 Å². The number of hydrogen-bond donors (Lipinski definition) is 2. The first-order valence-electron chi connectivity index (χ1n) is 9.17. The molecule has 3 rings (SSSR count). The lowest BCUT2D eigenvalue weighted by Gasteiger charge is -2.41. The van der Waals surface area contributed by atoms with Crippen LogP contribution in [0.3, 0.4) is 0 Å². The number of non-ortho nitro benzene ring substituents is 1. The van der Waals surface area contributed by atoms with E-state index >= 15 is 0 Å². The third kappa shape index (κ3) is 4.83. The lowest BCUT2D eigenvalue weighted by molar-refractivity contribution is -0.384. The Bertz CT molecular complexity index is 908. The first-order chi connectivity index (χ1) is 13.1. The zero-order valence-electron chi connectivity index (χ0n) is 16.5. The van der Waals surface area contributed by atoms with Gasteiger partial charge in [0.15, 0.2) is 5.11 Å². The topological polar surface area (TPSA) is 67.2 Å². The van der Waals surface area contributed by atoms with E-state index in [-0.39, 0.29) is 15.8 Å². The van der Waals surface area contributed by atoms with Gasteiger partial charge < -0.3 is 10.6 Å². The molecular weight excluding hydrogens is 390 g/mol. The molecule has 2 aromatic rings. The van der Waals surface area contributed by atoms with E-state index < -0.39 is 4.92 Å². The summed E-state index contributed by atoms with van der Waals surface area (Å²) in [6.45, 7) is 9.69. The fourth-order valence-electron chi connectivity index (χ4n) is 3.81. The predicted octanol–water partition coefficient (Wildman–Crippen LogP) is 5.63. The van der Waals surface area contributed by atoms with E-state index in [0.29, 0.717) is 11.7 Å². The highest BCUT2D eigenvalue weighted by atomic mass is 32.2. The van der Waals surface area contributed by atoms with Crippen LogP contribution in [0.25, 0.3) is 0 Å². The van der Waals surface area contributed by atoms with Crippen LogP contribution in [0.1, 0.15) is 45.2 Å². The number of rotatable bonds is 4. The Morgan fingerprint density at radius 1 is 1.18 bits per heavy atom. The maximum absolute atomic E-state index is 10.7. The molecule has 148 valence electrons. The standard InChI is InChI=1S/C21H25N3O2S2/c1-20(2)13-21(3,4)28-18-10-7-15(11-17(18)20)23-19(27)22-12-14-5-8-16(9-6-14)24(25)26/h5-11H,12-13H2,1-4H3,(H2,22,23,27). The van der Waals surface area contributed by atoms with Crippen molar-refractivity contribution in [3.63, 3.8) is 0 Å². The molecule has 1 aliphatic rings. The molecule has 0 amide bonds. The third-order valence-corrected chi connectivity index (χ3v) is 6.34. The van der Waals surface area contributed by atoms with Crippen LogP contribution in [0.4, 0.5) is 11.4 Å². The maximum Gasteiger partial charge on any atom is 0.269 e. The lowest BCUT2D eigenvalue weighted by atomic mass is 9.77. The summed E-state index contributed by atoms with van der Waals surface area (Å²) in [5.74, 6) is 0. The molecule has 1 heterocycles. The van der Waals surface area contributed by atoms with Gasteiger partial charge in [-0.25, -0.2) is 0 Å². The number of fused-ring (bicyclic) bond motifs is 1. The Hall–Kier alpha value is -2.12. The molecule has 0 atom stereocenters. The molecular formula is C21H25N3O2S2. The Morgan fingerprint density at radius 3 is 2.50 bits per heavy atom. The molecule has 2 N–H and O–H groups in total. The second kappa shape index (κ2) is 7.72. The normalized spacial score (nSPS) is 16.7. The van der Waals surface area contributed by atoms with E-state index in [1.165, 1.54) is 22.6 Å². The van der Waals surface area contributed by atoms with Gasteiger partial charge in [0.1, 0.15) is 0 Å². The molecule has 0 spiro atoms. The van der Waals surface area contributed by atoms with Crippen molar-refractivity contribution in [1.29, 1.82) is 0 Å². The summed E-state index contributed by atoms with van der Waals surface area (Å²) >= 11 is 7.35. The summed E-state index contributed by atoms with van der Waals surface area (Å²) in [4.78, 5) is 11.7. The van der Waals surface area contributed by atoms with E-state index in [1.807, 2.05) is 11.8 Å². The van der Waals surface area contributed by atoms with Crippen molar-refractivity contribution in [2.75, 3.05) is 5.32 Å². The first kappa shape index (κ1) is 20.6. The summed E-state index contributed by atoms with van der Waals surface area (Å²) < 4.78 is 0.229. The van der Waals surface area contributed by atoms with Crippen molar-refractivity contribution >= 4 is 40.5 Å². The SMILES string of the molecule is CC1(C)CC(C)(C)c2cc(NC(=S)NCc3ccc([N+](=O)[O-])cc3)ccc2S1. The van der Waals surface area contributed by atoms with Crippen molar-refractivity contribution in [1.82, 2.24) is 5.32 Å². The van der Waals surface area contributed by atoms with Crippen LogP contribution >= 0.6 is 24.0 Å². The number of benzene rings is 2. The van der Waals surface area contributed by atoms with Crippen LogP contribution in [0.5, 0.6) is 0 Å². The zero-order chi connectivity index (χ0) is 20.5. The minimum atomic E-state index is -0.402. The lowest BCUT2D eigenvalue weighted by Crippen LogP contribution is -2.34. The van der Waals surface area contributed by atoms with E-state index in [2.05, 4.69) is 56.5 Å². The van der Waals surface area contributed by atoms with Crippen LogP contribution in [0.15, 0.2) is 47.4 Å². The van der Waals surface area contributed by atoms with Gasteiger partial charge in [-0.05, 0) is 53.4 Å². The highest BCUT2D eigenvalue weighted by Gasteiger charge is 2.38. The summed E-state index contributed by atoms with van der Waals surface area (Å²) in [5.41, 5.74) is 3.44. The molecule has 0 saturated carbocycles. The third-order valence-electron chi connectivity index (χ3n) is 4.82. The molecule has 2 aromatic carbocycles. The number of nitrogens with zero attached hydrogens (tertiary/aromatic N) is 1. The van der Waals surface area contributed by atoms with Gasteiger partial charge in [0.2, 0.25) is 0 Å². The number of anilines is 1. The van der Waals surface area contributed by atoms with Gasteiger partial charge in [-0.1, -0.05) is 39.8 Å². The average molecular weight is 416 g/mol. The highest BCUT2D eigenvalue weighted by Crippen LogP contribution is 2.51. The Balaban J connectivity index is 1.64. The summed E-state index contributed by atoms with van der Waals surface area (Å²) in [7, 11) is 0. The number of thioether (sulfide) groups is 1. The van der Waals surface area contributed by atoms with Crippen molar-refractivity contribution in [3.05, 3.63) is 63.7 Å². The zero-order valence-corrected chi connectivity index (χ0v) is 18.2. The molecule has 7 heteroatoms. The van der Waals surface area contributed by atoms with Crippen LogP contribution < -0.4 is 10.6 Å². The summed E-state index contributed by atoms with van der Waals surface area (Å²) in [6, 6.07) is 12.9. The van der Waals surface area contributed by atoms with Crippen LogP contribution in [0, 0.1) is 10.1 Å². The number of nitrogens with one attached hydrogen (secondary N) is 2. The largest absolute Gasteiger partial charge is 0.358 e. The van der Waals surface area contributed by atoms with Crippen molar-refractivity contribution in [3.8, 4) is 0 Å². The predicted molar refractivity (Wildman–Crippen MR) is 120 cm³/mol. The molecule has 0 aromatic heterocycles. The molecule has 0 unspecified atom stereocenters. The molecule has 5 nitrogen and oxygen atoms in total. The number of nitro benzene ring substituents is 1. The summed E-state index contributed by atoms with van der Waals surface area (Å²) in [6.07, 6.45) is 1.12. The first-order valence-corrected chi connectivity index (χ1v) is 10.4. The second-order valence-corrected chi connectivity index (χ2v) is 10.5. The van der Waals surface area contributed by atoms with Crippen molar-refractivity contribution in [2.45, 2.75) is 55.7 Å². The number of nitro groups is 1. The minimum absolute atomic E-state index is 0.0853. The molecule has 1 aliphatic heterocycles. The van der Waals surface area contributed by atoms with E-state index in [1.54, 1.807) is 12.1 Å². The maximum atomic E-state index is 10.7. The summed E-state index contributed by atoms with van der Waals surface area (Å²) in [5, 5.41) is 17.7. The molecule has 0 saturated heterocycles. The smallest absolute Gasteiger partial charge is 0.269 e. The molecule has 28 heavy (non-hydrogen) atoms. The monoisotopic (exact) mass is 415 g/mol. The van der Waals surface area contributed by atoms with Crippen LogP contribution in [0.2, 0.25) is 0 Å². The Kier molecular flexibility index (Phi) is 5.68. The van der Waals surface area contributed by atoms with Gasteiger partial charge in [0, 0.05) is 34.0 Å². The molecule has 0 aliphatic carbocycles. The van der Waals surface area contributed by atoms with Gasteiger partial charge in [-0.15, -0.1) is 11.8 Å². The Morgan fingerprint density at radius 2 is 1.86 bits per heavy atom. The van der Waals surface area contributed by atoms with Crippen LogP contribution in [-0.2, 0) is 12.0 Å². The fourth-order valence-corrected chi connectivity index (χ4v) is 5.61. The molecule has 0 fully saturated rings. The van der Waals surface area contributed by atoms with Gasteiger partial charge in [-0.2, -0.15) is 0 Å². The second-order valence-electron chi connectivity index (χ2n) is 8.36. The van der Waals surface area contributed by atoms with E-state index in [9.17, 15) is 10.1 Å². The average Bonchev–Trinajstić information content (AvgIpc) is 2.59. The number of hydrogen-bond acceptors (Lipinski definition) is 4.